The van der Waals surface area contributed by atoms with Crippen molar-refractivity contribution < 1.29 is 58.2 Å². The molecule has 1 fully saturated rings. The van der Waals surface area contributed by atoms with Gasteiger partial charge in [0.25, 0.3) is 11.8 Å². The SMILES string of the molecule is CCn1nc(C)cc1C(=O)Nc1nc2cc(C(C)=O)cc(OCCCO[C@H]3[C@@H](OC)O[C@H](CO)[C@@H](O)[C@@H]3O)c2n1C/C=C/Cn1c(NC(=O)c2cc(C)nn2CC)nc2cc(C(N)=O)cc(OCCCN(C)C)c21. The Morgan fingerprint density at radius 3 is 1.76 bits per heavy atom. The van der Waals surface area contributed by atoms with Crippen LogP contribution in [0.1, 0.15) is 86.7 Å². The number of benzene rings is 2. The minimum Gasteiger partial charge on any atom is -0.491 e. The van der Waals surface area contributed by atoms with E-state index in [0.29, 0.717) is 82.3 Å². The molecule has 4 aromatic heterocycles. The second kappa shape index (κ2) is 24.3. The molecule has 0 radical (unpaired) electrons. The van der Waals surface area contributed by atoms with Crippen molar-refractivity contribution in [3.05, 3.63) is 82.5 Å². The minimum absolute atomic E-state index is 0.0325. The van der Waals surface area contributed by atoms with E-state index in [2.05, 4.69) is 20.8 Å². The molecule has 5 atom stereocenters. The summed E-state index contributed by atoms with van der Waals surface area (Å²) < 4.78 is 36.2. The summed E-state index contributed by atoms with van der Waals surface area (Å²) in [4.78, 5) is 65.1. The Kier molecular flexibility index (Phi) is 18.0. The first-order valence-corrected chi connectivity index (χ1v) is 24.4. The number of nitrogens with zero attached hydrogens (tertiary/aromatic N) is 9. The number of aliphatic hydroxyl groups is 3. The summed E-state index contributed by atoms with van der Waals surface area (Å²) >= 11 is 0. The highest BCUT2D eigenvalue weighted by molar-refractivity contribution is 6.05. The molecule has 0 aliphatic carbocycles. The molecule has 3 amide bonds. The maximum atomic E-state index is 14.0. The fourth-order valence-corrected chi connectivity index (χ4v) is 8.65. The van der Waals surface area contributed by atoms with Gasteiger partial charge in [-0.25, -0.2) is 9.97 Å². The number of fused-ring (bicyclic) bond motifs is 2. The van der Waals surface area contributed by atoms with Crippen LogP contribution in [0.5, 0.6) is 11.5 Å². The predicted molar refractivity (Wildman–Crippen MR) is 272 cm³/mol. The first-order chi connectivity index (χ1) is 35.5. The first-order valence-electron chi connectivity index (χ1n) is 24.4. The van der Waals surface area contributed by atoms with Crippen molar-refractivity contribution >= 4 is 57.5 Å². The predicted octanol–water partition coefficient (Wildman–Crippen LogP) is 3.07. The molecule has 7 N–H and O–H groups in total. The van der Waals surface area contributed by atoms with E-state index in [9.17, 15) is 34.5 Å². The third kappa shape index (κ3) is 12.3. The number of rotatable bonds is 25. The number of primary amides is 1. The number of hydrogen-bond donors (Lipinski definition) is 6. The Hall–Kier alpha value is -7.06. The molecule has 0 saturated carbocycles. The Balaban J connectivity index is 1.24. The van der Waals surface area contributed by atoms with Gasteiger partial charge in [-0.05, 0) is 91.5 Å². The molecule has 1 saturated heterocycles. The lowest BCUT2D eigenvalue weighted by Gasteiger charge is -2.41. The smallest absolute Gasteiger partial charge is 0.276 e. The number of carbonyl (C=O) groups is 4. The van der Waals surface area contributed by atoms with Crippen molar-refractivity contribution in [3.8, 4) is 11.5 Å². The largest absolute Gasteiger partial charge is 0.491 e. The summed E-state index contributed by atoms with van der Waals surface area (Å²) in [6.45, 7) is 10.4. The first kappa shape index (κ1) is 54.7. The van der Waals surface area contributed by atoms with Crippen LogP contribution in [-0.2, 0) is 40.4 Å². The number of aryl methyl sites for hydroxylation is 4. The quantitative estimate of drug-likeness (QED) is 0.0273. The zero-order valence-electron chi connectivity index (χ0n) is 42.9. The second-order valence-corrected chi connectivity index (χ2v) is 18.0. The van der Waals surface area contributed by atoms with Gasteiger partial charge >= 0.3 is 0 Å². The van der Waals surface area contributed by atoms with Gasteiger partial charge in [0, 0.05) is 57.4 Å². The van der Waals surface area contributed by atoms with Gasteiger partial charge in [-0.3, -0.25) is 39.2 Å². The molecule has 24 heteroatoms. The zero-order chi connectivity index (χ0) is 53.4. The monoisotopic (exact) mass is 1030 g/mol. The van der Waals surface area contributed by atoms with Crippen molar-refractivity contribution in [2.45, 2.75) is 104 Å². The number of carbonyl (C=O) groups excluding carboxylic acids is 4. The molecule has 0 unspecified atom stereocenters. The van der Waals surface area contributed by atoms with Crippen LogP contribution < -0.4 is 25.8 Å². The fourth-order valence-electron chi connectivity index (χ4n) is 8.65. The molecule has 398 valence electrons. The van der Waals surface area contributed by atoms with Crippen molar-refractivity contribution in [1.29, 1.82) is 0 Å². The Morgan fingerprint density at radius 2 is 1.28 bits per heavy atom. The van der Waals surface area contributed by atoms with Gasteiger partial charge in [0.2, 0.25) is 17.8 Å². The number of allylic oxidation sites excluding steroid dienone is 2. The molecule has 7 rings (SSSR count). The van der Waals surface area contributed by atoms with Crippen LogP contribution in [0, 0.1) is 13.8 Å². The molecule has 1 aliphatic heterocycles. The molecule has 0 bridgehead atoms. The summed E-state index contributed by atoms with van der Waals surface area (Å²) in [6.07, 6.45) is -1.40. The summed E-state index contributed by atoms with van der Waals surface area (Å²) in [7, 11) is 5.27. The lowest BCUT2D eigenvalue weighted by atomic mass is 9.99. The number of imidazole rings is 2. The molecule has 5 heterocycles. The zero-order valence-corrected chi connectivity index (χ0v) is 42.9. The van der Waals surface area contributed by atoms with E-state index in [1.54, 1.807) is 68.7 Å². The number of nitrogens with one attached hydrogen (secondary N) is 2. The number of Topliss-reactive ketones (excluding diaryl/α,β-unsaturated/α-hetero) is 1. The standard InChI is InChI=1S/C50H66N12O12/c1-9-61-35(21-28(3)56-61)46(68)54-49-52-33-23-31(30(5)64)25-37(72-19-14-20-73-44-43(66)42(65)39(27-63)74-48(44)70-8)40(33)59(49)16-11-12-17-60-41-34(24-32(45(51)67)26-38(41)71-18-13-15-58(6)7)53-50(60)55-47(69)36-22-29(4)57-62(36)10-2/h11-12,21-26,39,42-44,48,63,65-66H,9-10,13-20,27H2,1-8H3,(H2,51,67)(H,52,54,68)(H,53,55,69)/b12-11+/t39-,42-,43+,44-,48+/m1/s1. The van der Waals surface area contributed by atoms with Crippen LogP contribution in [0.3, 0.4) is 0 Å². The van der Waals surface area contributed by atoms with Crippen LogP contribution in [-0.4, -0.2) is 167 Å². The van der Waals surface area contributed by atoms with Crippen LogP contribution in [0.2, 0.25) is 0 Å². The Bertz CT molecular complexity index is 3010. The minimum atomic E-state index is -1.41. The van der Waals surface area contributed by atoms with Gasteiger partial charge in [0.15, 0.2) is 12.1 Å². The van der Waals surface area contributed by atoms with E-state index in [0.717, 1.165) is 6.54 Å². The fraction of sp³-hybridized carbons (Fsp3) is 0.480. The number of anilines is 2. The molecular formula is C50H66N12O12. The highest BCUT2D eigenvalue weighted by Crippen LogP contribution is 2.34. The molecule has 2 aromatic carbocycles. The molecule has 0 spiro atoms. The highest BCUT2D eigenvalue weighted by atomic mass is 16.7. The number of aliphatic hydroxyl groups excluding tert-OH is 3. The van der Waals surface area contributed by atoms with E-state index in [1.807, 2.05) is 45.0 Å². The van der Waals surface area contributed by atoms with E-state index in [4.69, 9.17) is 39.4 Å². The lowest BCUT2D eigenvalue weighted by Crippen LogP contribution is -2.59. The molecule has 24 nitrogen and oxygen atoms in total. The topological polar surface area (TPSA) is 300 Å². The van der Waals surface area contributed by atoms with Gasteiger partial charge in [-0.15, -0.1) is 0 Å². The van der Waals surface area contributed by atoms with E-state index in [-0.39, 0.29) is 61.7 Å². The van der Waals surface area contributed by atoms with Crippen molar-refractivity contribution in [2.75, 3.05) is 64.8 Å². The molecular weight excluding hydrogens is 961 g/mol. The molecule has 6 aromatic rings. The second-order valence-electron chi connectivity index (χ2n) is 18.0. The maximum absolute atomic E-state index is 14.0. The van der Waals surface area contributed by atoms with Crippen molar-refractivity contribution in [2.24, 2.45) is 5.73 Å². The third-order valence-electron chi connectivity index (χ3n) is 12.3. The number of aromatic nitrogens is 8. The van der Waals surface area contributed by atoms with Gasteiger partial charge in [-0.1, -0.05) is 12.2 Å². The maximum Gasteiger partial charge on any atom is 0.276 e. The number of nitrogens with two attached hydrogens (primary N) is 1. The lowest BCUT2D eigenvalue weighted by molar-refractivity contribution is -0.303. The van der Waals surface area contributed by atoms with E-state index in [1.165, 1.54) is 14.0 Å². The van der Waals surface area contributed by atoms with Crippen molar-refractivity contribution in [1.82, 2.24) is 43.6 Å². The van der Waals surface area contributed by atoms with E-state index < -0.39 is 55.0 Å². The molecule has 1 aliphatic rings. The van der Waals surface area contributed by atoms with Gasteiger partial charge in [-0.2, -0.15) is 10.2 Å². The van der Waals surface area contributed by atoms with Gasteiger partial charge in [0.1, 0.15) is 58.3 Å². The Labute approximate surface area is 427 Å². The number of ketones is 1. The Morgan fingerprint density at radius 1 is 0.770 bits per heavy atom. The number of amides is 3. The highest BCUT2D eigenvalue weighted by Gasteiger charge is 2.45. The van der Waals surface area contributed by atoms with Crippen LogP contribution in [0.25, 0.3) is 22.1 Å². The normalized spacial score (nSPS) is 18.0. The summed E-state index contributed by atoms with van der Waals surface area (Å²) in [6, 6.07) is 9.67. The summed E-state index contributed by atoms with van der Waals surface area (Å²) in [5, 5.41) is 45.6. The van der Waals surface area contributed by atoms with Crippen LogP contribution in [0.4, 0.5) is 11.9 Å². The summed E-state index contributed by atoms with van der Waals surface area (Å²) in [5.74, 6) is -0.972. The molecule has 74 heavy (non-hydrogen) atoms. The average molecular weight is 1030 g/mol. The van der Waals surface area contributed by atoms with Crippen LogP contribution >= 0.6 is 0 Å². The average Bonchev–Trinajstić information content (AvgIpc) is 4.14. The van der Waals surface area contributed by atoms with Crippen molar-refractivity contribution in [3.63, 3.8) is 0 Å². The number of hydrogen-bond acceptors (Lipinski definition) is 17. The summed E-state index contributed by atoms with van der Waals surface area (Å²) in [5.41, 5.74) is 9.83. The number of methoxy groups -OCH3 is 1. The van der Waals surface area contributed by atoms with Crippen LogP contribution in [0.15, 0.2) is 48.6 Å². The van der Waals surface area contributed by atoms with E-state index >= 15 is 0 Å². The third-order valence-corrected chi connectivity index (χ3v) is 12.3. The number of ether oxygens (including phenoxy) is 5. The van der Waals surface area contributed by atoms with Gasteiger partial charge < -0.3 is 58.8 Å². The van der Waals surface area contributed by atoms with Gasteiger partial charge in [0.05, 0.1) is 48.8 Å².